The van der Waals surface area contributed by atoms with E-state index < -0.39 is 5.91 Å². The van der Waals surface area contributed by atoms with Gasteiger partial charge >= 0.3 is 0 Å². The van der Waals surface area contributed by atoms with E-state index in [-0.39, 0.29) is 5.69 Å². The molecule has 5 rings (SSSR count). The highest BCUT2D eigenvalue weighted by atomic mass is 32.1. The van der Waals surface area contributed by atoms with Gasteiger partial charge in [-0.1, -0.05) is 0 Å². The van der Waals surface area contributed by atoms with Crippen molar-refractivity contribution in [2.45, 2.75) is 19.8 Å². The van der Waals surface area contributed by atoms with Crippen molar-refractivity contribution >= 4 is 51.9 Å². The molecule has 5 N–H and O–H groups in total. The van der Waals surface area contributed by atoms with Gasteiger partial charge in [0.15, 0.2) is 16.8 Å². The number of nitrogens with zero attached hydrogens (tertiary/aromatic N) is 6. The monoisotopic (exact) mass is 480 g/mol. The van der Waals surface area contributed by atoms with Gasteiger partial charge in [-0.3, -0.25) is 14.7 Å². The second kappa shape index (κ2) is 11.4. The summed E-state index contributed by atoms with van der Waals surface area (Å²) in [7, 11) is 0. The van der Waals surface area contributed by atoms with Gasteiger partial charge in [0.05, 0.1) is 0 Å². The molecule has 0 spiro atoms. The van der Waals surface area contributed by atoms with Crippen molar-refractivity contribution in [1.29, 1.82) is 0 Å². The number of thiazole rings is 1. The molecule has 0 radical (unpaired) electrons. The summed E-state index contributed by atoms with van der Waals surface area (Å²) in [5, 5.41) is 17.4. The zero-order chi connectivity index (χ0) is 24.5. The van der Waals surface area contributed by atoms with Gasteiger partial charge in [0, 0.05) is 36.4 Å². The minimum atomic E-state index is -0.557. The lowest BCUT2D eigenvalue weighted by atomic mass is 10.4. The van der Waals surface area contributed by atoms with Gasteiger partial charge in [-0.05, 0) is 31.9 Å². The third-order valence-electron chi connectivity index (χ3n) is 4.66. The van der Waals surface area contributed by atoms with Gasteiger partial charge in [0.2, 0.25) is 12.4 Å². The molecule has 0 saturated carbocycles. The highest BCUT2D eigenvalue weighted by Crippen LogP contribution is 2.23. The summed E-state index contributed by atoms with van der Waals surface area (Å²) < 4.78 is 1.78. The molecule has 34 heavy (non-hydrogen) atoms. The Bertz CT molecular complexity index is 1270. The van der Waals surface area contributed by atoms with Crippen molar-refractivity contribution in [3.63, 3.8) is 0 Å². The Morgan fingerprint density at radius 2 is 2.09 bits per heavy atom. The molecule has 0 bridgehead atoms. The van der Waals surface area contributed by atoms with Crippen LogP contribution in [-0.4, -0.2) is 55.2 Å². The first-order chi connectivity index (χ1) is 16.5. The van der Waals surface area contributed by atoms with Crippen LogP contribution in [0.3, 0.4) is 0 Å². The van der Waals surface area contributed by atoms with Gasteiger partial charge < -0.3 is 21.3 Å². The van der Waals surface area contributed by atoms with E-state index in [0.717, 1.165) is 36.3 Å². The van der Waals surface area contributed by atoms with Gasteiger partial charge in [-0.2, -0.15) is 10.1 Å². The highest BCUT2D eigenvalue weighted by molar-refractivity contribution is 7.15. The molecule has 1 fully saturated rings. The van der Waals surface area contributed by atoms with Crippen LogP contribution in [0.2, 0.25) is 0 Å². The molecule has 0 atom stereocenters. The van der Waals surface area contributed by atoms with Crippen LogP contribution in [0, 0.1) is 19.8 Å². The number of anilines is 4. The predicted molar refractivity (Wildman–Crippen MR) is 131 cm³/mol. The van der Waals surface area contributed by atoms with E-state index in [2.05, 4.69) is 53.6 Å². The third-order valence-corrected chi connectivity index (χ3v) is 5.51. The normalized spacial score (nSPS) is 12.3. The maximum absolute atomic E-state index is 11.2. The maximum Gasteiger partial charge on any atom is 0.266 e. The molecule has 4 aromatic rings. The summed E-state index contributed by atoms with van der Waals surface area (Å²) in [6.07, 6.45) is 14.5. The molecule has 1 aliphatic heterocycles. The Labute approximate surface area is 199 Å². The van der Waals surface area contributed by atoms with Crippen molar-refractivity contribution < 1.29 is 9.59 Å². The first-order valence-electron chi connectivity index (χ1n) is 10.2. The van der Waals surface area contributed by atoms with E-state index in [9.17, 15) is 9.59 Å². The van der Waals surface area contributed by atoms with Gasteiger partial charge in [-0.25, -0.2) is 9.50 Å². The number of amides is 2. The van der Waals surface area contributed by atoms with E-state index >= 15 is 0 Å². The minimum Gasteiger partial charge on any atom is -0.364 e. The number of rotatable bonds is 6. The summed E-state index contributed by atoms with van der Waals surface area (Å²) >= 11 is 1.46. The first-order valence-corrected chi connectivity index (χ1v) is 11.0. The molecule has 1 saturated heterocycles. The van der Waals surface area contributed by atoms with Crippen molar-refractivity contribution in [1.82, 2.24) is 29.8 Å². The summed E-state index contributed by atoms with van der Waals surface area (Å²) in [5.41, 5.74) is 6.30. The summed E-state index contributed by atoms with van der Waals surface area (Å²) in [4.78, 5) is 32.7. The quantitative estimate of drug-likeness (QED) is 0.241. The number of terminal acetylenes is 1. The fraction of sp³-hybridized carbons (Fsp3) is 0.238. The molecule has 1 aliphatic rings. The van der Waals surface area contributed by atoms with E-state index in [0.29, 0.717) is 29.1 Å². The Morgan fingerprint density at radius 3 is 2.71 bits per heavy atom. The number of H-pyrrole nitrogens is 1. The number of nitrogens with one attached hydrogen (secondary N) is 3. The molecule has 5 heterocycles. The van der Waals surface area contributed by atoms with Crippen LogP contribution >= 0.6 is 11.3 Å². The van der Waals surface area contributed by atoms with E-state index in [1.54, 1.807) is 16.8 Å². The molecule has 0 aliphatic carbocycles. The SMILES string of the molecule is C#C.Cc1cnc(NC=O)s1.NC(=O)c1cc(Nc2nc(N3CCCC3)nn3cccc23)n[nH]1. The zero-order valence-corrected chi connectivity index (χ0v) is 19.2. The maximum atomic E-state index is 11.2. The average molecular weight is 481 g/mol. The zero-order valence-electron chi connectivity index (χ0n) is 18.4. The number of primary amides is 1. The molecule has 0 aromatic carbocycles. The molecular formula is C21H24N10O2S. The number of aromatic nitrogens is 6. The number of fused-ring (bicyclic) bond motifs is 1. The Kier molecular flexibility index (Phi) is 8.14. The molecular weight excluding hydrogens is 456 g/mol. The van der Waals surface area contributed by atoms with Crippen LogP contribution in [0.5, 0.6) is 0 Å². The van der Waals surface area contributed by atoms with Gasteiger partial charge in [0.1, 0.15) is 11.2 Å². The number of aromatic amines is 1. The number of hydrogen-bond donors (Lipinski definition) is 4. The lowest BCUT2D eigenvalue weighted by molar-refractivity contribution is -0.105. The Morgan fingerprint density at radius 1 is 1.32 bits per heavy atom. The Balaban J connectivity index is 0.000000248. The van der Waals surface area contributed by atoms with Gasteiger partial charge in [0.25, 0.3) is 5.91 Å². The topological polar surface area (TPSA) is 159 Å². The number of hydrogen-bond acceptors (Lipinski definition) is 9. The summed E-state index contributed by atoms with van der Waals surface area (Å²) in [6.45, 7) is 3.86. The number of carbonyl (C=O) groups excluding carboxylic acids is 2. The first kappa shape index (κ1) is 24.2. The van der Waals surface area contributed by atoms with Crippen molar-refractivity contribution in [2.24, 2.45) is 5.73 Å². The molecule has 2 amide bonds. The van der Waals surface area contributed by atoms with E-state index in [1.165, 1.54) is 11.3 Å². The van der Waals surface area contributed by atoms with Crippen LogP contribution < -0.4 is 21.3 Å². The fourth-order valence-electron chi connectivity index (χ4n) is 3.17. The highest BCUT2D eigenvalue weighted by Gasteiger charge is 2.18. The molecule has 12 nitrogen and oxygen atoms in total. The number of nitrogens with two attached hydrogens (primary N) is 1. The third kappa shape index (κ3) is 5.87. The largest absolute Gasteiger partial charge is 0.364 e. The van der Waals surface area contributed by atoms with Crippen LogP contribution in [0.25, 0.3) is 5.52 Å². The number of aryl methyl sites for hydroxylation is 1. The van der Waals surface area contributed by atoms with Crippen LogP contribution in [0.1, 0.15) is 28.2 Å². The number of carbonyl (C=O) groups is 2. The Hall–Kier alpha value is -4.44. The van der Waals surface area contributed by atoms with Crippen molar-refractivity contribution in [2.75, 3.05) is 28.6 Å². The smallest absolute Gasteiger partial charge is 0.266 e. The lowest BCUT2D eigenvalue weighted by Crippen LogP contribution is -2.22. The second-order valence-electron chi connectivity index (χ2n) is 6.99. The predicted octanol–water partition coefficient (Wildman–Crippen LogP) is 2.16. The van der Waals surface area contributed by atoms with Crippen LogP contribution in [0.15, 0.2) is 30.6 Å². The summed E-state index contributed by atoms with van der Waals surface area (Å²) in [5.74, 6) is 1.24. The van der Waals surface area contributed by atoms with E-state index in [1.807, 2.05) is 25.3 Å². The molecule has 4 aromatic heterocycles. The average Bonchev–Trinajstić information content (AvgIpc) is 3.63. The minimum absolute atomic E-state index is 0.243. The standard InChI is InChI=1S/C14H16N8O.C5H6N2OS.C2H2/c15-12(23)9-8-11(19-18-9)16-13-10-4-3-7-22(10)20-14(17-13)21-5-1-2-6-21;1-4-2-6-5(9-4)7-3-8;1-2/h3-4,7-8H,1-2,5-6H2,(H2,15,23)(H2,16,17,18,19,20);2-3H,1H3,(H,6,7,8);1-2H. The molecule has 176 valence electrons. The molecule has 0 unspecified atom stereocenters. The van der Waals surface area contributed by atoms with Crippen LogP contribution in [-0.2, 0) is 4.79 Å². The van der Waals surface area contributed by atoms with Crippen molar-refractivity contribution in [3.8, 4) is 12.8 Å². The fourth-order valence-corrected chi connectivity index (χ4v) is 3.79. The van der Waals surface area contributed by atoms with Crippen molar-refractivity contribution in [3.05, 3.63) is 41.2 Å². The second-order valence-corrected chi connectivity index (χ2v) is 8.22. The molecule has 13 heteroatoms. The lowest BCUT2D eigenvalue weighted by Gasteiger charge is -2.16. The van der Waals surface area contributed by atoms with Gasteiger partial charge in [-0.15, -0.1) is 29.3 Å². The van der Waals surface area contributed by atoms with Crippen LogP contribution in [0.4, 0.5) is 22.7 Å². The summed E-state index contributed by atoms with van der Waals surface area (Å²) in [6, 6.07) is 5.37. The van der Waals surface area contributed by atoms with E-state index in [4.69, 9.17) is 5.73 Å².